The third-order valence-electron chi connectivity index (χ3n) is 4.82. The number of thiophene rings is 1. The Morgan fingerprint density at radius 3 is 2.81 bits per heavy atom. The molecule has 2 aliphatic rings. The molecule has 0 spiro atoms. The van der Waals surface area contributed by atoms with E-state index in [4.69, 9.17) is 11.6 Å². The molecule has 0 bridgehead atoms. The zero-order valence-corrected chi connectivity index (χ0v) is 13.4. The Kier molecular flexibility index (Phi) is 3.97. The van der Waals surface area contributed by atoms with E-state index in [-0.39, 0.29) is 17.7 Å². The summed E-state index contributed by atoms with van der Waals surface area (Å²) in [6.45, 7) is 2.42. The molecule has 2 heterocycles. The second-order valence-corrected chi connectivity index (χ2v) is 7.74. The number of hydrogen-bond donors (Lipinski definition) is 1. The van der Waals surface area contributed by atoms with Crippen LogP contribution in [0.5, 0.6) is 0 Å². The zero-order chi connectivity index (χ0) is 15.1. The molecule has 4 unspecified atom stereocenters. The van der Waals surface area contributed by atoms with Crippen molar-refractivity contribution in [1.29, 1.82) is 0 Å². The van der Waals surface area contributed by atoms with Gasteiger partial charge < -0.3 is 10.0 Å². The fraction of sp³-hybridized carbons (Fsp3) is 0.600. The maximum Gasteiger partial charge on any atom is 0.326 e. The van der Waals surface area contributed by atoms with Crippen LogP contribution in [0.1, 0.15) is 37.0 Å². The Hall–Kier alpha value is -1.07. The Balaban J connectivity index is 1.81. The second-order valence-electron chi connectivity index (χ2n) is 5.99. The van der Waals surface area contributed by atoms with E-state index in [1.165, 1.54) is 11.3 Å². The lowest BCUT2D eigenvalue weighted by Crippen LogP contribution is -2.44. The van der Waals surface area contributed by atoms with E-state index in [1.807, 2.05) is 13.0 Å². The van der Waals surface area contributed by atoms with Crippen molar-refractivity contribution >= 4 is 34.8 Å². The van der Waals surface area contributed by atoms with Crippen LogP contribution in [0, 0.1) is 11.8 Å². The predicted octanol–water partition coefficient (Wildman–Crippen LogP) is 3.22. The largest absolute Gasteiger partial charge is 0.480 e. The first-order valence-electron chi connectivity index (χ1n) is 7.27. The van der Waals surface area contributed by atoms with Gasteiger partial charge in [0.1, 0.15) is 6.04 Å². The Morgan fingerprint density at radius 1 is 1.43 bits per heavy atom. The number of fused-ring (bicyclic) bond motifs is 1. The molecule has 1 amide bonds. The molecule has 1 aromatic rings. The number of rotatable bonds is 3. The molecule has 4 atom stereocenters. The first-order valence-corrected chi connectivity index (χ1v) is 8.47. The summed E-state index contributed by atoms with van der Waals surface area (Å²) in [5, 5.41) is 9.52. The summed E-state index contributed by atoms with van der Waals surface area (Å²) in [4.78, 5) is 26.8. The topological polar surface area (TPSA) is 57.6 Å². The maximum absolute atomic E-state index is 12.7. The van der Waals surface area contributed by atoms with Gasteiger partial charge in [0.2, 0.25) is 5.91 Å². The number of halogens is 1. The van der Waals surface area contributed by atoms with E-state index >= 15 is 0 Å². The van der Waals surface area contributed by atoms with Crippen molar-refractivity contribution in [3.63, 3.8) is 0 Å². The second kappa shape index (κ2) is 5.61. The highest BCUT2D eigenvalue weighted by molar-refractivity contribution is 7.16. The van der Waals surface area contributed by atoms with Crippen LogP contribution in [0.3, 0.4) is 0 Å². The molecule has 3 rings (SSSR count). The van der Waals surface area contributed by atoms with Gasteiger partial charge in [-0.05, 0) is 43.7 Å². The minimum absolute atomic E-state index is 0.0877. The minimum Gasteiger partial charge on any atom is -0.480 e. The minimum atomic E-state index is -0.867. The summed E-state index contributed by atoms with van der Waals surface area (Å²) in [7, 11) is 0. The lowest BCUT2D eigenvalue weighted by Gasteiger charge is -2.26. The van der Waals surface area contributed by atoms with Gasteiger partial charge in [0.15, 0.2) is 0 Å². The fourth-order valence-corrected chi connectivity index (χ4v) is 4.89. The molecular weight excluding hydrogens is 310 g/mol. The lowest BCUT2D eigenvalue weighted by molar-refractivity contribution is -0.150. The van der Waals surface area contributed by atoms with Crippen LogP contribution in [-0.4, -0.2) is 34.5 Å². The molecule has 21 heavy (non-hydrogen) atoms. The van der Waals surface area contributed by atoms with Crippen LogP contribution in [0.15, 0.2) is 12.1 Å². The van der Waals surface area contributed by atoms with Gasteiger partial charge in [0.05, 0.1) is 10.3 Å². The summed E-state index contributed by atoms with van der Waals surface area (Å²) in [5.41, 5.74) is 0. The van der Waals surface area contributed by atoms with Crippen LogP contribution >= 0.6 is 22.9 Å². The highest BCUT2D eigenvalue weighted by atomic mass is 35.5. The van der Waals surface area contributed by atoms with Crippen molar-refractivity contribution in [2.24, 2.45) is 11.8 Å². The SMILES string of the molecule is CC(C(=O)N1CC2CCCC2C1C(=O)O)c1ccc(Cl)s1. The fourth-order valence-electron chi connectivity index (χ4n) is 3.78. The molecule has 6 heteroatoms. The molecule has 1 aromatic heterocycles. The number of likely N-dealkylation sites (tertiary alicyclic amines) is 1. The number of aliphatic carboxylic acids is 1. The van der Waals surface area contributed by atoms with E-state index in [0.29, 0.717) is 16.8 Å². The van der Waals surface area contributed by atoms with Gasteiger partial charge in [0, 0.05) is 11.4 Å². The van der Waals surface area contributed by atoms with E-state index < -0.39 is 12.0 Å². The molecule has 2 fully saturated rings. The van der Waals surface area contributed by atoms with Crippen LogP contribution in [0.2, 0.25) is 4.34 Å². The monoisotopic (exact) mass is 327 g/mol. The number of carboxylic acids is 1. The molecule has 1 aliphatic carbocycles. The molecule has 114 valence electrons. The first-order chi connectivity index (χ1) is 9.99. The Labute approximate surface area is 132 Å². The molecular formula is C15H18ClNO3S. The molecule has 0 aromatic carbocycles. The summed E-state index contributed by atoms with van der Waals surface area (Å²) in [6.07, 6.45) is 3.04. The number of carbonyl (C=O) groups excluding carboxylic acids is 1. The predicted molar refractivity (Wildman–Crippen MR) is 81.7 cm³/mol. The van der Waals surface area contributed by atoms with Crippen LogP contribution in [-0.2, 0) is 9.59 Å². The van der Waals surface area contributed by atoms with E-state index in [9.17, 15) is 14.7 Å². The molecule has 1 saturated carbocycles. The number of nitrogens with zero attached hydrogens (tertiary/aromatic N) is 1. The van der Waals surface area contributed by atoms with Crippen molar-refractivity contribution in [1.82, 2.24) is 4.90 Å². The summed E-state index contributed by atoms with van der Waals surface area (Å²) < 4.78 is 0.651. The lowest BCUT2D eigenvalue weighted by atomic mass is 9.94. The average molecular weight is 328 g/mol. The van der Waals surface area contributed by atoms with Gasteiger partial charge in [-0.1, -0.05) is 18.0 Å². The van der Waals surface area contributed by atoms with Crippen LogP contribution < -0.4 is 0 Å². The Morgan fingerprint density at radius 2 is 2.19 bits per heavy atom. The van der Waals surface area contributed by atoms with E-state index in [1.54, 1.807) is 11.0 Å². The van der Waals surface area contributed by atoms with E-state index in [2.05, 4.69) is 0 Å². The normalized spacial score (nSPS) is 29.4. The molecule has 1 saturated heterocycles. The van der Waals surface area contributed by atoms with E-state index in [0.717, 1.165) is 24.1 Å². The van der Waals surface area contributed by atoms with Gasteiger partial charge in [-0.3, -0.25) is 4.79 Å². The quantitative estimate of drug-likeness (QED) is 0.927. The molecule has 4 nitrogen and oxygen atoms in total. The smallest absolute Gasteiger partial charge is 0.326 e. The van der Waals surface area contributed by atoms with Crippen LogP contribution in [0.25, 0.3) is 0 Å². The van der Waals surface area contributed by atoms with Crippen molar-refractivity contribution < 1.29 is 14.7 Å². The molecule has 1 N–H and O–H groups in total. The van der Waals surface area contributed by atoms with Crippen molar-refractivity contribution in [2.75, 3.05) is 6.54 Å². The van der Waals surface area contributed by atoms with Crippen molar-refractivity contribution in [3.8, 4) is 0 Å². The standard InChI is InChI=1S/C15H18ClNO3S/c1-8(11-5-6-12(16)21-11)14(18)17-7-9-3-2-4-10(9)13(17)15(19)20/h5-6,8-10,13H,2-4,7H2,1H3,(H,19,20). The highest BCUT2D eigenvalue weighted by Crippen LogP contribution is 2.43. The average Bonchev–Trinajstić information content (AvgIpc) is 3.10. The zero-order valence-electron chi connectivity index (χ0n) is 11.8. The van der Waals surface area contributed by atoms with Gasteiger partial charge in [-0.2, -0.15) is 0 Å². The summed E-state index contributed by atoms with van der Waals surface area (Å²) in [6, 6.07) is 2.98. The number of carboxylic acid groups (broad SMARTS) is 1. The first kappa shape index (κ1) is 14.9. The van der Waals surface area contributed by atoms with Gasteiger partial charge >= 0.3 is 5.97 Å². The van der Waals surface area contributed by atoms with Crippen molar-refractivity contribution in [2.45, 2.75) is 38.1 Å². The number of amides is 1. The number of hydrogen-bond acceptors (Lipinski definition) is 3. The molecule has 1 aliphatic heterocycles. The molecule has 0 radical (unpaired) electrons. The van der Waals surface area contributed by atoms with Crippen molar-refractivity contribution in [3.05, 3.63) is 21.3 Å². The highest BCUT2D eigenvalue weighted by Gasteiger charge is 2.50. The van der Waals surface area contributed by atoms with Gasteiger partial charge in [0.25, 0.3) is 0 Å². The summed E-state index contributed by atoms with van der Waals surface area (Å²) >= 11 is 7.31. The Bertz CT molecular complexity index is 573. The third-order valence-corrected chi connectivity index (χ3v) is 6.23. The van der Waals surface area contributed by atoms with Gasteiger partial charge in [-0.15, -0.1) is 11.3 Å². The van der Waals surface area contributed by atoms with Gasteiger partial charge in [-0.25, -0.2) is 4.79 Å². The number of carbonyl (C=O) groups is 2. The summed E-state index contributed by atoms with van der Waals surface area (Å²) in [5.74, 6) is -0.799. The maximum atomic E-state index is 12.7. The third kappa shape index (κ3) is 2.57. The van der Waals surface area contributed by atoms with Crippen LogP contribution in [0.4, 0.5) is 0 Å².